The van der Waals surface area contributed by atoms with Gasteiger partial charge in [0.15, 0.2) is 0 Å². The third-order valence-corrected chi connectivity index (χ3v) is 3.75. The van der Waals surface area contributed by atoms with Crippen molar-refractivity contribution in [3.05, 3.63) is 0 Å². The van der Waals surface area contributed by atoms with Gasteiger partial charge in [-0.05, 0) is 38.5 Å². The van der Waals surface area contributed by atoms with Gasteiger partial charge in [0.25, 0.3) is 0 Å². The third kappa shape index (κ3) is 1.78. The van der Waals surface area contributed by atoms with Crippen molar-refractivity contribution in [2.75, 3.05) is 6.54 Å². The summed E-state index contributed by atoms with van der Waals surface area (Å²) in [5.74, 6) is 1.00. The van der Waals surface area contributed by atoms with E-state index in [4.69, 9.17) is 0 Å². The molecule has 2 aliphatic rings. The Morgan fingerprint density at radius 1 is 1.29 bits per heavy atom. The molecule has 14 heavy (non-hydrogen) atoms. The third-order valence-electron chi connectivity index (χ3n) is 3.75. The number of piperazine rings is 1. The molecule has 0 unspecified atom stereocenters. The molecule has 1 spiro atoms. The molecule has 3 nitrogen and oxygen atoms in total. The van der Waals surface area contributed by atoms with E-state index in [-0.39, 0.29) is 17.5 Å². The fourth-order valence-electron chi connectivity index (χ4n) is 2.62. The average Bonchev–Trinajstić information content (AvgIpc) is 2.18. The molecule has 0 radical (unpaired) electrons. The van der Waals surface area contributed by atoms with Gasteiger partial charge >= 0.3 is 0 Å². The Kier molecular flexibility index (Phi) is 2.52. The van der Waals surface area contributed by atoms with Crippen LogP contribution in [0.15, 0.2) is 0 Å². The van der Waals surface area contributed by atoms with Crippen molar-refractivity contribution in [3.8, 4) is 0 Å². The Hall–Kier alpha value is -0.570. The van der Waals surface area contributed by atoms with E-state index in [1.54, 1.807) is 0 Å². The molecule has 1 saturated heterocycles. The first-order chi connectivity index (χ1) is 6.61. The summed E-state index contributed by atoms with van der Waals surface area (Å²) >= 11 is 0. The fourth-order valence-corrected chi connectivity index (χ4v) is 2.62. The van der Waals surface area contributed by atoms with Gasteiger partial charge in [-0.15, -0.1) is 0 Å². The van der Waals surface area contributed by atoms with Crippen LogP contribution in [0.4, 0.5) is 0 Å². The van der Waals surface area contributed by atoms with Gasteiger partial charge in [0.05, 0.1) is 6.04 Å². The Morgan fingerprint density at radius 2 is 1.93 bits per heavy atom. The Morgan fingerprint density at radius 3 is 2.50 bits per heavy atom. The highest BCUT2D eigenvalue weighted by atomic mass is 16.2. The van der Waals surface area contributed by atoms with Gasteiger partial charge in [-0.3, -0.25) is 10.1 Å². The second-order valence-corrected chi connectivity index (χ2v) is 5.05. The number of amides is 1. The highest BCUT2D eigenvalue weighted by molar-refractivity contribution is 5.82. The van der Waals surface area contributed by atoms with E-state index in [9.17, 15) is 4.79 Å². The van der Waals surface area contributed by atoms with Gasteiger partial charge in [-0.25, -0.2) is 0 Å². The van der Waals surface area contributed by atoms with Crippen LogP contribution in [0.5, 0.6) is 0 Å². The van der Waals surface area contributed by atoms with E-state index in [0.717, 1.165) is 12.5 Å². The zero-order valence-electron chi connectivity index (χ0n) is 9.10. The van der Waals surface area contributed by atoms with Crippen molar-refractivity contribution in [1.82, 2.24) is 10.6 Å². The molecule has 1 atom stereocenters. The summed E-state index contributed by atoms with van der Waals surface area (Å²) < 4.78 is 0. The molecule has 3 heteroatoms. The van der Waals surface area contributed by atoms with Gasteiger partial charge in [0.1, 0.15) is 0 Å². The molecule has 0 aromatic heterocycles. The molecule has 1 aliphatic heterocycles. The maximum Gasteiger partial charge on any atom is 0.236 e. The summed E-state index contributed by atoms with van der Waals surface area (Å²) in [4.78, 5) is 11.3. The van der Waals surface area contributed by atoms with Crippen LogP contribution in [-0.4, -0.2) is 24.0 Å². The van der Waals surface area contributed by atoms with Gasteiger partial charge in [0, 0.05) is 12.1 Å². The van der Waals surface area contributed by atoms with E-state index in [1.807, 2.05) is 6.92 Å². The molecule has 0 aromatic carbocycles. The van der Waals surface area contributed by atoms with Crippen LogP contribution < -0.4 is 10.6 Å². The highest BCUT2D eigenvalue weighted by Gasteiger charge is 2.39. The summed E-state index contributed by atoms with van der Waals surface area (Å²) in [6, 6.07) is -0.0165. The van der Waals surface area contributed by atoms with Gasteiger partial charge in [-0.2, -0.15) is 0 Å². The van der Waals surface area contributed by atoms with Gasteiger partial charge in [0.2, 0.25) is 5.91 Å². The number of rotatable bonds is 0. The first kappa shape index (κ1) is 9.97. The van der Waals surface area contributed by atoms with E-state index in [0.29, 0.717) is 0 Å². The lowest BCUT2D eigenvalue weighted by Crippen LogP contribution is -2.66. The van der Waals surface area contributed by atoms with E-state index >= 15 is 0 Å². The van der Waals surface area contributed by atoms with Crippen LogP contribution in [-0.2, 0) is 4.79 Å². The second kappa shape index (κ2) is 3.54. The van der Waals surface area contributed by atoms with Crippen molar-refractivity contribution >= 4 is 5.91 Å². The van der Waals surface area contributed by atoms with Crippen molar-refractivity contribution in [2.24, 2.45) is 5.92 Å². The lowest BCUT2D eigenvalue weighted by atomic mass is 9.76. The lowest BCUT2D eigenvalue weighted by Gasteiger charge is -2.45. The number of hydrogen-bond acceptors (Lipinski definition) is 2. The SMILES string of the molecule is CC1CCC2(CC1)CNC(=O)[C@H](C)N2. The molecular formula is C11H20N2O. The zero-order chi connectivity index (χ0) is 10.2. The van der Waals surface area contributed by atoms with Crippen LogP contribution in [0.2, 0.25) is 0 Å². The fraction of sp³-hybridized carbons (Fsp3) is 0.909. The molecule has 2 rings (SSSR count). The molecule has 1 saturated carbocycles. The molecular weight excluding hydrogens is 176 g/mol. The Balaban J connectivity index is 2.00. The van der Waals surface area contributed by atoms with Crippen LogP contribution >= 0.6 is 0 Å². The molecule has 1 aliphatic carbocycles. The van der Waals surface area contributed by atoms with E-state index in [1.165, 1.54) is 25.7 Å². The van der Waals surface area contributed by atoms with Crippen LogP contribution in [0.3, 0.4) is 0 Å². The highest BCUT2D eigenvalue weighted by Crippen LogP contribution is 2.32. The minimum absolute atomic E-state index is 0.0165. The van der Waals surface area contributed by atoms with Crippen molar-refractivity contribution in [3.63, 3.8) is 0 Å². The summed E-state index contributed by atoms with van der Waals surface area (Å²) in [5, 5.41) is 6.50. The quantitative estimate of drug-likeness (QED) is 0.608. The summed E-state index contributed by atoms with van der Waals surface area (Å²) in [5.41, 5.74) is 0.208. The lowest BCUT2D eigenvalue weighted by molar-refractivity contribution is -0.126. The number of carbonyl (C=O) groups excluding carboxylic acids is 1. The van der Waals surface area contributed by atoms with Crippen LogP contribution in [0.25, 0.3) is 0 Å². The summed E-state index contributed by atoms with van der Waals surface area (Å²) in [6.45, 7) is 5.09. The minimum atomic E-state index is -0.0165. The Labute approximate surface area is 85.6 Å². The summed E-state index contributed by atoms with van der Waals surface area (Å²) in [6.07, 6.45) is 4.99. The standard InChI is InChI=1S/C11H20N2O/c1-8-3-5-11(6-4-8)7-12-10(14)9(2)13-11/h8-9,13H,3-7H2,1-2H3,(H,12,14)/t8?,9-,11?/m0/s1. The average molecular weight is 196 g/mol. The van der Waals surface area contributed by atoms with Crippen LogP contribution in [0, 0.1) is 5.92 Å². The van der Waals surface area contributed by atoms with Crippen molar-refractivity contribution < 1.29 is 4.79 Å². The number of nitrogens with one attached hydrogen (secondary N) is 2. The molecule has 0 aromatic rings. The first-order valence-corrected chi connectivity index (χ1v) is 5.67. The predicted molar refractivity (Wildman–Crippen MR) is 56.0 cm³/mol. The van der Waals surface area contributed by atoms with Crippen LogP contribution in [0.1, 0.15) is 39.5 Å². The Bertz CT molecular complexity index is 231. The monoisotopic (exact) mass is 196 g/mol. The molecule has 2 fully saturated rings. The molecule has 1 amide bonds. The van der Waals surface area contributed by atoms with E-state index in [2.05, 4.69) is 17.6 Å². The van der Waals surface area contributed by atoms with Crippen molar-refractivity contribution in [2.45, 2.75) is 51.1 Å². The number of hydrogen-bond donors (Lipinski definition) is 2. The van der Waals surface area contributed by atoms with Gasteiger partial charge < -0.3 is 5.32 Å². The topological polar surface area (TPSA) is 41.1 Å². The second-order valence-electron chi connectivity index (χ2n) is 5.05. The smallest absolute Gasteiger partial charge is 0.236 e. The number of carbonyl (C=O) groups is 1. The molecule has 80 valence electrons. The normalized spacial score (nSPS) is 43.7. The van der Waals surface area contributed by atoms with E-state index < -0.39 is 0 Å². The maximum atomic E-state index is 11.3. The molecule has 1 heterocycles. The zero-order valence-corrected chi connectivity index (χ0v) is 9.10. The first-order valence-electron chi connectivity index (χ1n) is 5.67. The molecule has 0 bridgehead atoms. The van der Waals surface area contributed by atoms with Crippen molar-refractivity contribution in [1.29, 1.82) is 0 Å². The maximum absolute atomic E-state index is 11.3. The molecule has 2 N–H and O–H groups in total. The largest absolute Gasteiger partial charge is 0.353 e. The predicted octanol–water partition coefficient (Wildman–Crippen LogP) is 1.04. The van der Waals surface area contributed by atoms with Gasteiger partial charge in [-0.1, -0.05) is 6.92 Å². The minimum Gasteiger partial charge on any atom is -0.353 e. The summed E-state index contributed by atoms with van der Waals surface area (Å²) in [7, 11) is 0.